The molecule has 0 amide bonds. The van der Waals surface area contributed by atoms with Crippen molar-refractivity contribution >= 4 is 21.6 Å². The van der Waals surface area contributed by atoms with Crippen molar-refractivity contribution < 1.29 is 4.21 Å². The number of fused-ring (bicyclic) bond motifs is 1. The van der Waals surface area contributed by atoms with Crippen molar-refractivity contribution in [1.82, 2.24) is 10.3 Å². The molecule has 0 saturated carbocycles. The van der Waals surface area contributed by atoms with Gasteiger partial charge in [-0.15, -0.1) is 0 Å². The number of hydrogen-bond acceptors (Lipinski definition) is 3. The van der Waals surface area contributed by atoms with Crippen molar-refractivity contribution in [3.05, 3.63) is 42.2 Å². The number of pyridine rings is 1. The molecule has 1 heterocycles. The zero-order valence-corrected chi connectivity index (χ0v) is 12.2. The molecule has 102 valence electrons. The number of aromatic nitrogens is 1. The predicted molar refractivity (Wildman–Crippen MR) is 81.6 cm³/mol. The molecule has 0 aliphatic heterocycles. The minimum Gasteiger partial charge on any atom is -0.310 e. The zero-order valence-electron chi connectivity index (χ0n) is 11.4. The minimum absolute atomic E-state index is 0.386. The number of nitrogens with one attached hydrogen (secondary N) is 1. The Kier molecular flexibility index (Phi) is 5.05. The second kappa shape index (κ2) is 6.78. The smallest absolute Gasteiger partial charge is 0.0346 e. The molecule has 2 aromatic rings. The lowest BCUT2D eigenvalue weighted by molar-refractivity contribution is 0.535. The summed E-state index contributed by atoms with van der Waals surface area (Å²) < 4.78 is 11.0. The average Bonchev–Trinajstić information content (AvgIpc) is 2.42. The van der Waals surface area contributed by atoms with Gasteiger partial charge in [-0.2, -0.15) is 0 Å². The van der Waals surface area contributed by atoms with Crippen molar-refractivity contribution in [1.29, 1.82) is 0 Å². The van der Waals surface area contributed by atoms with Crippen LogP contribution in [0.15, 0.2) is 36.7 Å². The fraction of sp³-hybridized carbons (Fsp3) is 0.400. The van der Waals surface area contributed by atoms with E-state index in [-0.39, 0.29) is 0 Å². The van der Waals surface area contributed by atoms with Gasteiger partial charge in [0.05, 0.1) is 0 Å². The Bertz CT molecular complexity index is 571. The molecule has 1 N–H and O–H groups in total. The second-order valence-corrected chi connectivity index (χ2v) is 6.46. The quantitative estimate of drug-likeness (QED) is 0.881. The highest BCUT2D eigenvalue weighted by Crippen LogP contribution is 2.14. The summed E-state index contributed by atoms with van der Waals surface area (Å²) in [6, 6.07) is 8.83. The summed E-state index contributed by atoms with van der Waals surface area (Å²) in [5, 5.41) is 5.86. The third kappa shape index (κ3) is 4.40. The van der Waals surface area contributed by atoms with Crippen LogP contribution in [0, 0.1) is 0 Å². The Morgan fingerprint density at radius 3 is 2.95 bits per heavy atom. The highest BCUT2D eigenvalue weighted by atomic mass is 32.2. The first-order chi connectivity index (χ1) is 9.15. The fourth-order valence-corrected chi connectivity index (χ4v) is 2.67. The van der Waals surface area contributed by atoms with Crippen LogP contribution in [0.3, 0.4) is 0 Å². The Hall–Kier alpha value is -1.26. The van der Waals surface area contributed by atoms with Crippen LogP contribution in [-0.4, -0.2) is 27.2 Å². The third-order valence-corrected chi connectivity index (χ3v) is 4.01. The van der Waals surface area contributed by atoms with E-state index < -0.39 is 10.8 Å². The molecule has 1 aromatic carbocycles. The molecular weight excluding hydrogens is 256 g/mol. The van der Waals surface area contributed by atoms with Gasteiger partial charge in [-0.25, -0.2) is 0 Å². The Morgan fingerprint density at radius 1 is 1.32 bits per heavy atom. The van der Waals surface area contributed by atoms with Gasteiger partial charge in [0.15, 0.2) is 0 Å². The SMILES string of the molecule is CC(CCS(C)=O)NCc1ccc2cnccc2c1. The van der Waals surface area contributed by atoms with Crippen LogP contribution in [0.2, 0.25) is 0 Å². The summed E-state index contributed by atoms with van der Waals surface area (Å²) in [5.41, 5.74) is 1.27. The fourth-order valence-electron chi connectivity index (χ4n) is 1.98. The van der Waals surface area contributed by atoms with Crippen molar-refractivity contribution in [3.8, 4) is 0 Å². The van der Waals surface area contributed by atoms with Crippen LogP contribution in [0.1, 0.15) is 18.9 Å². The minimum atomic E-state index is -0.700. The van der Waals surface area contributed by atoms with E-state index in [0.717, 1.165) is 18.7 Å². The van der Waals surface area contributed by atoms with Gasteiger partial charge in [-0.05, 0) is 36.4 Å². The van der Waals surface area contributed by atoms with Crippen LogP contribution in [0.25, 0.3) is 10.8 Å². The Balaban J connectivity index is 1.92. The maximum Gasteiger partial charge on any atom is 0.0346 e. The summed E-state index contributed by atoms with van der Waals surface area (Å²) in [6.45, 7) is 2.98. The Labute approximate surface area is 116 Å². The molecule has 0 saturated heterocycles. The molecule has 0 radical (unpaired) electrons. The van der Waals surface area contributed by atoms with Gasteiger partial charge >= 0.3 is 0 Å². The van der Waals surface area contributed by atoms with Crippen LogP contribution in [0.5, 0.6) is 0 Å². The predicted octanol–water partition coefficient (Wildman–Crippen LogP) is 2.48. The number of nitrogens with zero attached hydrogens (tertiary/aromatic N) is 1. The van der Waals surface area contributed by atoms with Gasteiger partial charge in [-0.3, -0.25) is 9.19 Å². The van der Waals surface area contributed by atoms with E-state index in [1.807, 2.05) is 18.5 Å². The number of benzene rings is 1. The molecular formula is C15H20N2OS. The van der Waals surface area contributed by atoms with Crippen molar-refractivity contribution in [2.75, 3.05) is 12.0 Å². The highest BCUT2D eigenvalue weighted by Gasteiger charge is 2.03. The average molecular weight is 276 g/mol. The third-order valence-electron chi connectivity index (χ3n) is 3.20. The number of hydrogen-bond donors (Lipinski definition) is 1. The van der Waals surface area contributed by atoms with Crippen LogP contribution in [0.4, 0.5) is 0 Å². The summed E-state index contributed by atoms with van der Waals surface area (Å²) >= 11 is 0. The lowest BCUT2D eigenvalue weighted by Crippen LogP contribution is -2.26. The first-order valence-electron chi connectivity index (χ1n) is 6.51. The van der Waals surface area contributed by atoms with Gasteiger partial charge in [0.25, 0.3) is 0 Å². The standard InChI is InChI=1S/C15H20N2OS/c1-12(6-8-19(2)18)17-10-13-3-4-15-11-16-7-5-14(15)9-13/h3-5,7,9,11-12,17H,6,8,10H2,1-2H3. The van der Waals surface area contributed by atoms with E-state index in [0.29, 0.717) is 6.04 Å². The van der Waals surface area contributed by atoms with E-state index in [1.165, 1.54) is 16.3 Å². The van der Waals surface area contributed by atoms with E-state index in [1.54, 1.807) is 6.26 Å². The maximum absolute atomic E-state index is 11.0. The van der Waals surface area contributed by atoms with Crippen LogP contribution in [-0.2, 0) is 17.3 Å². The van der Waals surface area contributed by atoms with Crippen molar-refractivity contribution in [2.45, 2.75) is 25.9 Å². The van der Waals surface area contributed by atoms with Gasteiger partial charge in [0.1, 0.15) is 0 Å². The van der Waals surface area contributed by atoms with Crippen LogP contribution < -0.4 is 5.32 Å². The highest BCUT2D eigenvalue weighted by molar-refractivity contribution is 7.84. The topological polar surface area (TPSA) is 42.0 Å². The van der Waals surface area contributed by atoms with Gasteiger partial charge in [0, 0.05) is 53.2 Å². The molecule has 19 heavy (non-hydrogen) atoms. The molecule has 1 aromatic heterocycles. The van der Waals surface area contributed by atoms with Gasteiger partial charge in [0.2, 0.25) is 0 Å². The molecule has 0 spiro atoms. The Morgan fingerprint density at radius 2 is 2.16 bits per heavy atom. The normalized spacial score (nSPS) is 14.4. The number of rotatable bonds is 6. The summed E-state index contributed by atoms with van der Waals surface area (Å²) in [6.07, 6.45) is 6.40. The maximum atomic E-state index is 11.0. The van der Waals surface area contributed by atoms with Crippen LogP contribution >= 0.6 is 0 Å². The second-order valence-electron chi connectivity index (χ2n) is 4.91. The molecule has 2 unspecified atom stereocenters. The largest absolute Gasteiger partial charge is 0.310 e. The molecule has 0 bridgehead atoms. The van der Waals surface area contributed by atoms with E-state index in [9.17, 15) is 4.21 Å². The molecule has 0 fully saturated rings. The van der Waals surface area contributed by atoms with Gasteiger partial charge in [-0.1, -0.05) is 12.1 Å². The van der Waals surface area contributed by atoms with Crippen molar-refractivity contribution in [2.24, 2.45) is 0 Å². The van der Waals surface area contributed by atoms with E-state index in [2.05, 4.69) is 35.4 Å². The lowest BCUT2D eigenvalue weighted by atomic mass is 10.1. The summed E-state index contributed by atoms with van der Waals surface area (Å²) in [5.74, 6) is 0.761. The van der Waals surface area contributed by atoms with Crippen molar-refractivity contribution in [3.63, 3.8) is 0 Å². The molecule has 3 nitrogen and oxygen atoms in total. The summed E-state index contributed by atoms with van der Waals surface area (Å²) in [4.78, 5) is 4.11. The zero-order chi connectivity index (χ0) is 13.7. The monoisotopic (exact) mass is 276 g/mol. The first kappa shape index (κ1) is 14.2. The molecule has 2 rings (SSSR count). The summed E-state index contributed by atoms with van der Waals surface area (Å²) in [7, 11) is -0.700. The molecule has 0 aliphatic rings. The molecule has 4 heteroatoms. The molecule has 0 aliphatic carbocycles. The van der Waals surface area contributed by atoms with E-state index in [4.69, 9.17) is 0 Å². The first-order valence-corrected chi connectivity index (χ1v) is 8.24. The lowest BCUT2D eigenvalue weighted by Gasteiger charge is -2.13. The molecule has 2 atom stereocenters. The van der Waals surface area contributed by atoms with Gasteiger partial charge < -0.3 is 5.32 Å². The van der Waals surface area contributed by atoms with E-state index >= 15 is 0 Å².